The standard InChI is InChI=1S/C19H22O4S/c1-13-5-7-16(8-6-13)24(20,21)23-15-11-14(2)17-9-10-19(3,4)22-18(17)12-15/h5-8,11-12H,9-10H2,1-4H3. The Labute approximate surface area is 143 Å². The largest absolute Gasteiger partial charge is 0.487 e. The van der Waals surface area contributed by atoms with Crippen LogP contribution in [0.2, 0.25) is 0 Å². The van der Waals surface area contributed by atoms with Crippen molar-refractivity contribution in [2.45, 2.75) is 51.0 Å². The van der Waals surface area contributed by atoms with Crippen LogP contribution < -0.4 is 8.92 Å². The second kappa shape index (κ2) is 5.81. The molecule has 0 N–H and O–H groups in total. The molecule has 2 aromatic carbocycles. The molecule has 24 heavy (non-hydrogen) atoms. The summed E-state index contributed by atoms with van der Waals surface area (Å²) >= 11 is 0. The van der Waals surface area contributed by atoms with E-state index in [1.165, 1.54) is 0 Å². The highest BCUT2D eigenvalue weighted by atomic mass is 32.2. The molecular weight excluding hydrogens is 324 g/mol. The summed E-state index contributed by atoms with van der Waals surface area (Å²) in [6, 6.07) is 10.0. The molecular formula is C19H22O4S. The number of benzene rings is 2. The third-order valence-corrected chi connectivity index (χ3v) is 5.55. The number of rotatable bonds is 3. The highest BCUT2D eigenvalue weighted by molar-refractivity contribution is 7.87. The molecule has 0 unspecified atom stereocenters. The smallest absolute Gasteiger partial charge is 0.339 e. The average Bonchev–Trinajstić information content (AvgIpc) is 2.45. The number of ether oxygens (including phenoxy) is 1. The topological polar surface area (TPSA) is 52.6 Å². The predicted octanol–water partition coefficient (Wildman–Crippen LogP) is 4.17. The number of fused-ring (bicyclic) bond motifs is 1. The van der Waals surface area contributed by atoms with Crippen LogP contribution in [0.5, 0.6) is 11.5 Å². The summed E-state index contributed by atoms with van der Waals surface area (Å²) in [4.78, 5) is 0.143. The van der Waals surface area contributed by atoms with E-state index in [1.807, 2.05) is 27.7 Å². The summed E-state index contributed by atoms with van der Waals surface area (Å²) < 4.78 is 36.3. The average molecular weight is 346 g/mol. The number of hydrogen-bond acceptors (Lipinski definition) is 4. The SMILES string of the molecule is Cc1ccc(S(=O)(=O)Oc2cc(C)c3c(c2)OC(C)(C)CC3)cc1. The van der Waals surface area contributed by atoms with Gasteiger partial charge in [-0.25, -0.2) is 0 Å². The van der Waals surface area contributed by atoms with Crippen LogP contribution in [-0.2, 0) is 16.5 Å². The fourth-order valence-electron chi connectivity index (χ4n) is 2.87. The van der Waals surface area contributed by atoms with Crippen molar-refractivity contribution in [1.29, 1.82) is 0 Å². The Balaban J connectivity index is 1.93. The van der Waals surface area contributed by atoms with E-state index in [0.29, 0.717) is 5.75 Å². The third kappa shape index (κ3) is 3.41. The number of aryl methyl sites for hydroxylation is 2. The van der Waals surface area contributed by atoms with Crippen LogP contribution in [0.4, 0.5) is 0 Å². The van der Waals surface area contributed by atoms with E-state index < -0.39 is 10.1 Å². The normalized spacial score (nSPS) is 16.2. The van der Waals surface area contributed by atoms with Crippen LogP contribution in [0.3, 0.4) is 0 Å². The second-order valence-electron chi connectivity index (χ2n) is 6.93. The molecule has 0 aliphatic carbocycles. The zero-order chi connectivity index (χ0) is 17.5. The molecule has 0 atom stereocenters. The van der Waals surface area contributed by atoms with Gasteiger partial charge in [-0.1, -0.05) is 17.7 Å². The first-order chi connectivity index (χ1) is 11.2. The van der Waals surface area contributed by atoms with E-state index in [0.717, 1.165) is 29.5 Å². The molecule has 4 nitrogen and oxygen atoms in total. The van der Waals surface area contributed by atoms with E-state index in [1.54, 1.807) is 36.4 Å². The van der Waals surface area contributed by atoms with Crippen LogP contribution in [-0.4, -0.2) is 14.0 Å². The molecule has 0 saturated carbocycles. The van der Waals surface area contributed by atoms with Gasteiger partial charge in [-0.05, 0) is 69.9 Å². The first-order valence-corrected chi connectivity index (χ1v) is 9.41. The van der Waals surface area contributed by atoms with Crippen molar-refractivity contribution < 1.29 is 17.3 Å². The van der Waals surface area contributed by atoms with Gasteiger partial charge in [0, 0.05) is 6.07 Å². The van der Waals surface area contributed by atoms with Crippen molar-refractivity contribution in [3.63, 3.8) is 0 Å². The maximum absolute atomic E-state index is 12.5. The first-order valence-electron chi connectivity index (χ1n) is 8.00. The summed E-state index contributed by atoms with van der Waals surface area (Å²) in [7, 11) is -3.86. The summed E-state index contributed by atoms with van der Waals surface area (Å²) in [5, 5.41) is 0. The first kappa shape index (κ1) is 16.8. The van der Waals surface area contributed by atoms with Crippen molar-refractivity contribution in [1.82, 2.24) is 0 Å². The lowest BCUT2D eigenvalue weighted by Gasteiger charge is -2.33. The molecule has 0 aromatic heterocycles. The molecule has 1 heterocycles. The number of hydrogen-bond donors (Lipinski definition) is 0. The molecule has 1 aliphatic rings. The molecule has 128 valence electrons. The van der Waals surface area contributed by atoms with Crippen molar-refractivity contribution in [3.8, 4) is 11.5 Å². The van der Waals surface area contributed by atoms with Crippen molar-refractivity contribution in [3.05, 3.63) is 53.1 Å². The third-order valence-electron chi connectivity index (χ3n) is 4.28. The van der Waals surface area contributed by atoms with Gasteiger partial charge in [0.2, 0.25) is 0 Å². The van der Waals surface area contributed by atoms with Crippen molar-refractivity contribution >= 4 is 10.1 Å². The van der Waals surface area contributed by atoms with Gasteiger partial charge in [0.15, 0.2) is 0 Å². The molecule has 0 spiro atoms. The Bertz CT molecular complexity index is 865. The highest BCUT2D eigenvalue weighted by Crippen LogP contribution is 2.38. The Morgan fingerprint density at radius 3 is 2.42 bits per heavy atom. The van der Waals surface area contributed by atoms with E-state index in [9.17, 15) is 8.42 Å². The van der Waals surface area contributed by atoms with Crippen molar-refractivity contribution in [2.24, 2.45) is 0 Å². The Morgan fingerprint density at radius 1 is 1.08 bits per heavy atom. The molecule has 1 aliphatic heterocycles. The van der Waals surface area contributed by atoms with Gasteiger partial charge in [-0.3, -0.25) is 0 Å². The monoisotopic (exact) mass is 346 g/mol. The zero-order valence-corrected chi connectivity index (χ0v) is 15.2. The van der Waals surface area contributed by atoms with Crippen LogP contribution in [0, 0.1) is 13.8 Å². The lowest BCUT2D eigenvalue weighted by atomic mass is 9.92. The highest BCUT2D eigenvalue weighted by Gasteiger charge is 2.28. The molecule has 0 radical (unpaired) electrons. The molecule has 0 fully saturated rings. The van der Waals surface area contributed by atoms with Gasteiger partial charge in [0.25, 0.3) is 0 Å². The van der Waals surface area contributed by atoms with Gasteiger partial charge >= 0.3 is 10.1 Å². The molecule has 0 saturated heterocycles. The molecule has 5 heteroatoms. The van der Waals surface area contributed by atoms with E-state index in [-0.39, 0.29) is 16.2 Å². The van der Waals surface area contributed by atoms with Gasteiger partial charge in [0.1, 0.15) is 22.0 Å². The Morgan fingerprint density at radius 2 is 1.75 bits per heavy atom. The zero-order valence-electron chi connectivity index (χ0n) is 14.4. The minimum absolute atomic E-state index is 0.143. The molecule has 0 bridgehead atoms. The van der Waals surface area contributed by atoms with Crippen molar-refractivity contribution in [2.75, 3.05) is 0 Å². The maximum atomic E-state index is 12.5. The lowest BCUT2D eigenvalue weighted by molar-refractivity contribution is 0.0843. The van der Waals surface area contributed by atoms with Crippen LogP contribution in [0.1, 0.15) is 37.0 Å². The predicted molar refractivity (Wildman–Crippen MR) is 93.2 cm³/mol. The molecule has 3 rings (SSSR count). The summed E-state index contributed by atoms with van der Waals surface area (Å²) in [5.74, 6) is 0.991. The van der Waals surface area contributed by atoms with E-state index in [4.69, 9.17) is 8.92 Å². The van der Waals surface area contributed by atoms with Gasteiger partial charge < -0.3 is 8.92 Å². The Kier molecular flexibility index (Phi) is 4.08. The van der Waals surface area contributed by atoms with Gasteiger partial charge in [-0.15, -0.1) is 0 Å². The molecule has 0 amide bonds. The summed E-state index contributed by atoms with van der Waals surface area (Å²) in [6.45, 7) is 7.92. The fourth-order valence-corrected chi connectivity index (χ4v) is 3.78. The fraction of sp³-hybridized carbons (Fsp3) is 0.368. The minimum atomic E-state index is -3.86. The minimum Gasteiger partial charge on any atom is -0.487 e. The lowest BCUT2D eigenvalue weighted by Crippen LogP contribution is -2.32. The van der Waals surface area contributed by atoms with Crippen LogP contribution >= 0.6 is 0 Å². The maximum Gasteiger partial charge on any atom is 0.339 e. The van der Waals surface area contributed by atoms with Gasteiger partial charge in [-0.2, -0.15) is 8.42 Å². The van der Waals surface area contributed by atoms with E-state index >= 15 is 0 Å². The van der Waals surface area contributed by atoms with Crippen LogP contribution in [0.25, 0.3) is 0 Å². The Hall–Kier alpha value is -2.01. The molecule has 2 aromatic rings. The van der Waals surface area contributed by atoms with Gasteiger partial charge in [0.05, 0.1) is 0 Å². The van der Waals surface area contributed by atoms with Crippen LogP contribution in [0.15, 0.2) is 41.3 Å². The summed E-state index contributed by atoms with van der Waals surface area (Å²) in [5.41, 5.74) is 2.84. The second-order valence-corrected chi connectivity index (χ2v) is 8.48. The van der Waals surface area contributed by atoms with E-state index in [2.05, 4.69) is 0 Å². The summed E-state index contributed by atoms with van der Waals surface area (Å²) in [6.07, 6.45) is 1.85. The quantitative estimate of drug-likeness (QED) is 0.783.